The van der Waals surface area contributed by atoms with Gasteiger partial charge >= 0.3 is 0 Å². The summed E-state index contributed by atoms with van der Waals surface area (Å²) in [5.74, 6) is 1.57. The zero-order valence-electron chi connectivity index (χ0n) is 12.6. The van der Waals surface area contributed by atoms with E-state index in [4.69, 9.17) is 11.6 Å². The highest BCUT2D eigenvalue weighted by molar-refractivity contribution is 7.99. The molecule has 1 N–H and O–H groups in total. The summed E-state index contributed by atoms with van der Waals surface area (Å²) in [5.41, 5.74) is 0.718. The van der Waals surface area contributed by atoms with Gasteiger partial charge in [0.1, 0.15) is 0 Å². The Hall–Kier alpha value is -1.36. The van der Waals surface area contributed by atoms with Crippen molar-refractivity contribution in [3.63, 3.8) is 0 Å². The highest BCUT2D eigenvalue weighted by Gasteiger charge is 2.10. The van der Waals surface area contributed by atoms with E-state index in [-0.39, 0.29) is 5.91 Å². The lowest BCUT2D eigenvalue weighted by Gasteiger charge is -2.09. The number of rotatable bonds is 8. The molecular formula is C18H18ClNOS2. The number of benzene rings is 2. The first-order valence-electron chi connectivity index (χ1n) is 7.20. The molecule has 5 heteroatoms. The Morgan fingerprint density at radius 1 is 1.13 bits per heavy atom. The number of carbonyl (C=O) groups excluding carboxylic acids is 1. The van der Waals surface area contributed by atoms with Crippen LogP contribution in [-0.2, 0) is 0 Å². The molecule has 0 saturated heterocycles. The van der Waals surface area contributed by atoms with Gasteiger partial charge in [-0.1, -0.05) is 29.8 Å². The second kappa shape index (κ2) is 9.71. The van der Waals surface area contributed by atoms with Crippen LogP contribution in [0.2, 0.25) is 5.02 Å². The van der Waals surface area contributed by atoms with Gasteiger partial charge in [-0.25, -0.2) is 0 Å². The van der Waals surface area contributed by atoms with Crippen molar-refractivity contribution in [2.24, 2.45) is 0 Å². The molecule has 0 radical (unpaired) electrons. The number of nitrogens with one attached hydrogen (secondary N) is 1. The summed E-state index contributed by atoms with van der Waals surface area (Å²) >= 11 is 9.17. The molecule has 0 spiro atoms. The van der Waals surface area contributed by atoms with Gasteiger partial charge < -0.3 is 5.32 Å². The van der Waals surface area contributed by atoms with Gasteiger partial charge in [-0.2, -0.15) is 0 Å². The molecule has 0 atom stereocenters. The van der Waals surface area contributed by atoms with Gasteiger partial charge in [-0.15, -0.1) is 30.1 Å². The van der Waals surface area contributed by atoms with E-state index < -0.39 is 0 Å². The van der Waals surface area contributed by atoms with E-state index in [9.17, 15) is 4.79 Å². The topological polar surface area (TPSA) is 29.1 Å². The molecule has 2 aromatic carbocycles. The van der Waals surface area contributed by atoms with Gasteiger partial charge in [-0.05, 0) is 36.4 Å². The molecule has 0 aliphatic rings. The van der Waals surface area contributed by atoms with Crippen LogP contribution in [0.25, 0.3) is 0 Å². The van der Waals surface area contributed by atoms with E-state index >= 15 is 0 Å². The van der Waals surface area contributed by atoms with Crippen molar-refractivity contribution >= 4 is 41.0 Å². The average molecular weight is 364 g/mol. The van der Waals surface area contributed by atoms with Crippen LogP contribution in [0.5, 0.6) is 0 Å². The smallest absolute Gasteiger partial charge is 0.252 e. The first kappa shape index (κ1) is 18.0. The fraction of sp³-hybridized carbons (Fsp3) is 0.167. The van der Waals surface area contributed by atoms with Crippen LogP contribution < -0.4 is 5.32 Å². The van der Waals surface area contributed by atoms with Gasteiger partial charge in [0, 0.05) is 32.9 Å². The first-order chi connectivity index (χ1) is 11.2. The van der Waals surface area contributed by atoms with Crippen molar-refractivity contribution in [1.29, 1.82) is 0 Å². The van der Waals surface area contributed by atoms with Gasteiger partial charge in [0.15, 0.2) is 0 Å². The van der Waals surface area contributed by atoms with Crippen molar-refractivity contribution in [3.05, 3.63) is 71.8 Å². The van der Waals surface area contributed by atoms with Crippen LogP contribution in [0.1, 0.15) is 10.4 Å². The number of amides is 1. The summed E-state index contributed by atoms with van der Waals surface area (Å²) < 4.78 is 0. The Bertz CT molecular complexity index is 658. The third-order valence-corrected chi connectivity index (χ3v) is 5.29. The molecule has 2 rings (SSSR count). The van der Waals surface area contributed by atoms with Crippen LogP contribution in [0.3, 0.4) is 0 Å². The minimum atomic E-state index is -0.0335. The fourth-order valence-corrected chi connectivity index (χ4v) is 3.57. The molecule has 0 unspecified atom stereocenters. The van der Waals surface area contributed by atoms with E-state index in [1.165, 1.54) is 0 Å². The lowest BCUT2D eigenvalue weighted by atomic mass is 10.2. The summed E-state index contributed by atoms with van der Waals surface area (Å²) in [6, 6.07) is 15.4. The van der Waals surface area contributed by atoms with Gasteiger partial charge in [0.25, 0.3) is 5.91 Å². The standard InChI is InChI=1S/C18H18ClNOS2/c1-2-12-23-17-6-4-3-5-16(17)18(21)20-11-13-22-15-9-7-14(19)8-10-15/h2-10H,1,11-13H2,(H,20,21). The van der Waals surface area contributed by atoms with Crippen molar-refractivity contribution in [1.82, 2.24) is 5.32 Å². The third-order valence-electron chi connectivity index (χ3n) is 2.96. The Morgan fingerprint density at radius 3 is 2.61 bits per heavy atom. The van der Waals surface area contributed by atoms with E-state index in [1.54, 1.807) is 23.5 Å². The predicted molar refractivity (Wildman–Crippen MR) is 102 cm³/mol. The Labute approximate surface area is 150 Å². The largest absolute Gasteiger partial charge is 0.351 e. The van der Waals surface area contributed by atoms with Crippen LogP contribution in [0, 0.1) is 0 Å². The summed E-state index contributed by atoms with van der Waals surface area (Å²) in [6.45, 7) is 4.33. The third kappa shape index (κ3) is 5.98. The minimum Gasteiger partial charge on any atom is -0.351 e. The normalized spacial score (nSPS) is 10.3. The van der Waals surface area contributed by atoms with Crippen molar-refractivity contribution in [2.45, 2.75) is 9.79 Å². The fourth-order valence-electron chi connectivity index (χ4n) is 1.89. The molecule has 0 aliphatic heterocycles. The average Bonchev–Trinajstić information content (AvgIpc) is 2.58. The maximum absolute atomic E-state index is 12.3. The SMILES string of the molecule is C=CCSc1ccccc1C(=O)NCCSc1ccc(Cl)cc1. The molecule has 0 heterocycles. The van der Waals surface area contributed by atoms with Gasteiger partial charge in [0.2, 0.25) is 0 Å². The minimum absolute atomic E-state index is 0.0335. The molecule has 1 amide bonds. The monoisotopic (exact) mass is 363 g/mol. The number of hydrogen-bond donors (Lipinski definition) is 1. The maximum Gasteiger partial charge on any atom is 0.252 e. The molecule has 0 aliphatic carbocycles. The highest BCUT2D eigenvalue weighted by atomic mass is 35.5. The number of halogens is 1. The first-order valence-corrected chi connectivity index (χ1v) is 9.55. The summed E-state index contributed by atoms with van der Waals surface area (Å²) in [4.78, 5) is 14.4. The number of carbonyl (C=O) groups is 1. The summed E-state index contributed by atoms with van der Waals surface area (Å²) in [6.07, 6.45) is 1.84. The Morgan fingerprint density at radius 2 is 1.87 bits per heavy atom. The lowest BCUT2D eigenvalue weighted by molar-refractivity contribution is 0.0953. The second-order valence-corrected chi connectivity index (χ2v) is 7.32. The molecule has 0 fully saturated rings. The van der Waals surface area contributed by atoms with E-state index in [0.717, 1.165) is 31.9 Å². The Balaban J connectivity index is 1.82. The molecule has 0 aromatic heterocycles. The van der Waals surface area contributed by atoms with Crippen molar-refractivity contribution < 1.29 is 4.79 Å². The van der Waals surface area contributed by atoms with Crippen molar-refractivity contribution in [2.75, 3.05) is 18.1 Å². The van der Waals surface area contributed by atoms with Crippen molar-refractivity contribution in [3.8, 4) is 0 Å². The van der Waals surface area contributed by atoms with Crippen LogP contribution in [0.4, 0.5) is 0 Å². The quantitative estimate of drug-likeness (QED) is 0.400. The lowest BCUT2D eigenvalue weighted by Crippen LogP contribution is -2.26. The second-order valence-electron chi connectivity index (χ2n) is 4.65. The van der Waals surface area contributed by atoms with Crippen LogP contribution in [-0.4, -0.2) is 24.0 Å². The van der Waals surface area contributed by atoms with Gasteiger partial charge in [0.05, 0.1) is 5.56 Å². The van der Waals surface area contributed by atoms with E-state index in [2.05, 4.69) is 11.9 Å². The predicted octanol–water partition coefficient (Wildman–Crippen LogP) is 5.14. The summed E-state index contributed by atoms with van der Waals surface area (Å²) in [5, 5.41) is 3.71. The molecule has 23 heavy (non-hydrogen) atoms. The van der Waals surface area contributed by atoms with Crippen LogP contribution in [0.15, 0.2) is 71.0 Å². The Kier molecular flexibility index (Phi) is 7.59. The van der Waals surface area contributed by atoms with E-state index in [0.29, 0.717) is 6.54 Å². The zero-order chi connectivity index (χ0) is 16.5. The molecular weight excluding hydrogens is 346 g/mol. The van der Waals surface area contributed by atoms with Gasteiger partial charge in [-0.3, -0.25) is 4.79 Å². The highest BCUT2D eigenvalue weighted by Crippen LogP contribution is 2.23. The summed E-state index contributed by atoms with van der Waals surface area (Å²) in [7, 11) is 0. The molecule has 0 bridgehead atoms. The maximum atomic E-state index is 12.3. The number of hydrogen-bond acceptors (Lipinski definition) is 3. The molecule has 0 saturated carbocycles. The van der Waals surface area contributed by atoms with E-state index in [1.807, 2.05) is 54.6 Å². The van der Waals surface area contributed by atoms with Crippen LogP contribution >= 0.6 is 35.1 Å². The molecule has 2 aromatic rings. The number of thioether (sulfide) groups is 2. The molecule has 2 nitrogen and oxygen atoms in total. The molecule has 120 valence electrons. The zero-order valence-corrected chi connectivity index (χ0v) is 15.0.